The van der Waals surface area contributed by atoms with Gasteiger partial charge in [0, 0.05) is 0 Å². The molecule has 0 bridgehead atoms. The van der Waals surface area contributed by atoms with Crippen LogP contribution in [0.1, 0.15) is 19.3 Å². The summed E-state index contributed by atoms with van der Waals surface area (Å²) < 4.78 is 4.88. The Hall–Kier alpha value is -0.297. The van der Waals surface area contributed by atoms with Crippen molar-refractivity contribution in [2.24, 2.45) is 0 Å². The smallest absolute Gasteiger partial charge is 1.00 e. The number of rotatable bonds is 3. The predicted molar refractivity (Wildman–Crippen MR) is 78.1 cm³/mol. The van der Waals surface area contributed by atoms with Gasteiger partial charge in [0.2, 0.25) is 0 Å². The molecule has 96 valence electrons. The van der Waals surface area contributed by atoms with Crippen LogP contribution in [0, 0.1) is 0 Å². The molecule has 0 amide bonds. The van der Waals surface area contributed by atoms with Crippen LogP contribution in [0.4, 0.5) is 0 Å². The van der Waals surface area contributed by atoms with Crippen LogP contribution in [0.3, 0.4) is 0 Å². The predicted octanol–water partition coefficient (Wildman–Crippen LogP) is 1.51. The fourth-order valence-electron chi connectivity index (χ4n) is 2.58. The first-order valence-corrected chi connectivity index (χ1v) is 10.5. The molecule has 0 radical (unpaired) electrons. The largest absolute Gasteiger partial charge is 1.00 e. The van der Waals surface area contributed by atoms with Gasteiger partial charge in [-0.25, -0.2) is 0 Å². The number of thiocarbonyl (C=S) groups is 1. The summed E-state index contributed by atoms with van der Waals surface area (Å²) in [5.74, 6) is 0. The molecule has 0 N–H and O–H groups in total. The second kappa shape index (κ2) is 6.93. The van der Waals surface area contributed by atoms with Crippen molar-refractivity contribution in [3.8, 4) is 0 Å². The van der Waals surface area contributed by atoms with Gasteiger partial charge in [-0.2, -0.15) is 0 Å². The second-order valence-electron chi connectivity index (χ2n) is 4.66. The molecule has 3 aliphatic rings. The van der Waals surface area contributed by atoms with Gasteiger partial charge >= 0.3 is 123 Å². The third kappa shape index (κ3) is 3.24. The number of allylic oxidation sites excluding steroid dienone is 12. The Morgan fingerprint density at radius 1 is 0.789 bits per heavy atom. The molecule has 0 saturated heterocycles. The Kier molecular flexibility index (Phi) is 5.50. The monoisotopic (exact) mass is 364 g/mol. The summed E-state index contributed by atoms with van der Waals surface area (Å²) in [6.45, 7) is 0. The van der Waals surface area contributed by atoms with Crippen LogP contribution in [-0.4, -0.2) is 4.86 Å². The zero-order valence-electron chi connectivity index (χ0n) is 10.6. The van der Waals surface area contributed by atoms with Gasteiger partial charge in [0.25, 0.3) is 0 Å². The summed E-state index contributed by atoms with van der Waals surface area (Å²) in [4.78, 5) is 1.19. The van der Waals surface area contributed by atoms with E-state index in [1.807, 2.05) is 0 Å². The minimum atomic E-state index is -1.88. The van der Waals surface area contributed by atoms with E-state index in [1.165, 1.54) is 8.15 Å². The summed E-state index contributed by atoms with van der Waals surface area (Å²) in [5.41, 5.74) is 0. The molecule has 0 aromatic rings. The van der Waals surface area contributed by atoms with Gasteiger partial charge in [-0.05, 0) is 0 Å². The quantitative estimate of drug-likeness (QED) is 0.683. The Morgan fingerprint density at radius 2 is 1.32 bits per heavy atom. The minimum Gasteiger partial charge on any atom is -1.00 e. The molecule has 0 heterocycles. The van der Waals surface area contributed by atoms with Crippen molar-refractivity contribution in [1.82, 2.24) is 0 Å². The van der Waals surface area contributed by atoms with Crippen LogP contribution in [0.2, 0.25) is 0 Å². The molecule has 0 atom stereocenters. The Morgan fingerprint density at radius 3 is 1.79 bits per heavy atom. The maximum absolute atomic E-state index is 5.61. The van der Waals surface area contributed by atoms with E-state index in [4.69, 9.17) is 12.2 Å². The van der Waals surface area contributed by atoms with Gasteiger partial charge in [-0.15, -0.1) is 0 Å². The van der Waals surface area contributed by atoms with E-state index >= 15 is 0 Å². The van der Waals surface area contributed by atoms with Gasteiger partial charge in [-0.3, -0.25) is 0 Å². The van der Waals surface area contributed by atoms with Gasteiger partial charge in [0.1, 0.15) is 0 Å². The van der Waals surface area contributed by atoms with Gasteiger partial charge < -0.3 is 12.4 Å². The molecule has 0 aromatic carbocycles. The van der Waals surface area contributed by atoms with Crippen LogP contribution in [0.25, 0.3) is 0 Å². The molecule has 0 saturated carbocycles. The van der Waals surface area contributed by atoms with Crippen molar-refractivity contribution < 1.29 is 34.2 Å². The van der Waals surface area contributed by atoms with Gasteiger partial charge in [0.05, 0.1) is 0 Å². The van der Waals surface area contributed by atoms with E-state index in [0.717, 1.165) is 19.3 Å². The minimum absolute atomic E-state index is 0. The van der Waals surface area contributed by atoms with Crippen LogP contribution in [0.5, 0.6) is 0 Å². The van der Waals surface area contributed by atoms with Crippen molar-refractivity contribution in [3.05, 3.63) is 64.5 Å². The first-order chi connectivity index (χ1) is 8.86. The van der Waals surface area contributed by atoms with Crippen LogP contribution in [0.15, 0.2) is 64.5 Å². The molecular formula is C16H15ClSZr. The van der Waals surface area contributed by atoms with E-state index < -0.39 is 21.8 Å². The maximum Gasteiger partial charge on any atom is -1.00 e. The zero-order valence-corrected chi connectivity index (χ0v) is 14.6. The molecule has 19 heavy (non-hydrogen) atoms. The molecule has 0 aromatic heterocycles. The zero-order chi connectivity index (χ0) is 12.4. The maximum atomic E-state index is 5.61. The molecule has 0 fully saturated rings. The van der Waals surface area contributed by atoms with E-state index in [1.54, 1.807) is 6.56 Å². The molecule has 0 nitrogen and oxygen atoms in total. The van der Waals surface area contributed by atoms with Crippen molar-refractivity contribution >= 4 is 17.1 Å². The Bertz CT molecular complexity index is 531. The van der Waals surface area contributed by atoms with Gasteiger partial charge in [-0.1, -0.05) is 0 Å². The third-order valence-electron chi connectivity index (χ3n) is 3.46. The molecule has 0 unspecified atom stereocenters. The SMILES string of the molecule is S=C1CC=CC=[C]1[Zr+]([C]1=CC=CC1)[C]1=CC=CC1.[Cl-]. The van der Waals surface area contributed by atoms with E-state index in [0.29, 0.717) is 0 Å². The van der Waals surface area contributed by atoms with Crippen LogP contribution >= 0.6 is 12.2 Å². The summed E-state index contributed by atoms with van der Waals surface area (Å²) in [6.07, 6.45) is 23.6. The Labute approximate surface area is 134 Å². The van der Waals surface area contributed by atoms with Gasteiger partial charge in [0.15, 0.2) is 0 Å². The van der Waals surface area contributed by atoms with Crippen LogP contribution < -0.4 is 12.4 Å². The first-order valence-electron chi connectivity index (χ1n) is 6.36. The fourth-order valence-corrected chi connectivity index (χ4v) is 10.5. The third-order valence-corrected chi connectivity index (χ3v) is 11.7. The van der Waals surface area contributed by atoms with Crippen molar-refractivity contribution in [2.45, 2.75) is 19.3 Å². The van der Waals surface area contributed by atoms with Crippen molar-refractivity contribution in [2.75, 3.05) is 0 Å². The number of hydrogen-bond acceptors (Lipinski definition) is 1. The average Bonchev–Trinajstić information content (AvgIpc) is 3.05. The van der Waals surface area contributed by atoms with Crippen molar-refractivity contribution in [1.29, 1.82) is 0 Å². The summed E-state index contributed by atoms with van der Waals surface area (Å²) in [6, 6.07) is 0. The summed E-state index contributed by atoms with van der Waals surface area (Å²) >= 11 is 3.73. The average molecular weight is 366 g/mol. The van der Waals surface area contributed by atoms with E-state index in [-0.39, 0.29) is 12.4 Å². The normalized spacial score (nSPS) is 20.0. The number of hydrogen-bond donors (Lipinski definition) is 0. The van der Waals surface area contributed by atoms with E-state index in [9.17, 15) is 0 Å². The second-order valence-corrected chi connectivity index (χ2v) is 11.5. The molecule has 0 spiro atoms. The topological polar surface area (TPSA) is 0 Å². The molecule has 0 aliphatic heterocycles. The van der Waals surface area contributed by atoms with Crippen molar-refractivity contribution in [3.63, 3.8) is 0 Å². The molecule has 3 aliphatic carbocycles. The fraction of sp³-hybridized carbons (Fsp3) is 0.188. The summed E-state index contributed by atoms with van der Waals surface area (Å²) in [7, 11) is 0. The first kappa shape index (κ1) is 15.1. The molecule has 3 rings (SSSR count). The molecular weight excluding hydrogens is 351 g/mol. The Balaban J connectivity index is 0.00000133. The number of halogens is 1. The molecule has 3 heteroatoms. The summed E-state index contributed by atoms with van der Waals surface area (Å²) in [5, 5.41) is 0. The van der Waals surface area contributed by atoms with Crippen LogP contribution in [-0.2, 0) is 21.8 Å². The standard InChI is InChI=1S/C6H5S.2C5H5.ClH.Zr/c7-6-4-2-1-3-5-6;2*1-2-4-5-3-1;;/h1-3H,4H2;2*1-3H,4H2;1H;/q;;;;+1/p-1. The van der Waals surface area contributed by atoms with E-state index in [2.05, 4.69) is 54.7 Å².